The van der Waals surface area contributed by atoms with Crippen LogP contribution in [0.2, 0.25) is 0 Å². The van der Waals surface area contributed by atoms with Gasteiger partial charge in [-0.25, -0.2) is 4.79 Å². The van der Waals surface area contributed by atoms with Gasteiger partial charge in [-0.05, 0) is 31.0 Å². The minimum atomic E-state index is -1.21. The molecular formula is C20H18BrN3O3. The molecule has 4 rings (SSSR count). The number of nitrogens with zero attached hydrogens (tertiary/aromatic N) is 2. The maximum atomic E-state index is 13.0. The van der Waals surface area contributed by atoms with Crippen molar-refractivity contribution in [1.82, 2.24) is 10.2 Å². The maximum Gasteiger partial charge on any atom is 0.325 e. The van der Waals surface area contributed by atoms with Gasteiger partial charge in [-0.3, -0.25) is 14.5 Å². The molecule has 1 fully saturated rings. The van der Waals surface area contributed by atoms with E-state index in [1.165, 1.54) is 0 Å². The summed E-state index contributed by atoms with van der Waals surface area (Å²) in [6.45, 7) is 1.94. The highest BCUT2D eigenvalue weighted by molar-refractivity contribution is 9.10. The first-order chi connectivity index (χ1) is 12.9. The average molecular weight is 428 g/mol. The van der Waals surface area contributed by atoms with E-state index in [-0.39, 0.29) is 12.5 Å². The SMILES string of the molecule is CC1(c2ccccc2Br)NC(=O)N(CC(=O)N2CCc3ccccc32)C1=O. The Morgan fingerprint density at radius 3 is 2.63 bits per heavy atom. The standard InChI is InChI=1S/C20H18BrN3O3/c1-20(14-7-3-4-8-15(14)21)18(26)24(19(27)22-20)12-17(25)23-11-10-13-6-2-5-9-16(13)23/h2-9H,10-12H2,1H3,(H,22,27). The summed E-state index contributed by atoms with van der Waals surface area (Å²) in [6.07, 6.45) is 0.775. The Hall–Kier alpha value is -2.67. The summed E-state index contributed by atoms with van der Waals surface area (Å²) in [5.74, 6) is -0.694. The van der Waals surface area contributed by atoms with Gasteiger partial charge in [-0.1, -0.05) is 52.3 Å². The first-order valence-electron chi connectivity index (χ1n) is 8.69. The Kier molecular flexibility index (Phi) is 4.26. The molecule has 7 heteroatoms. The number of benzene rings is 2. The topological polar surface area (TPSA) is 69.7 Å². The fourth-order valence-electron chi connectivity index (χ4n) is 3.71. The van der Waals surface area contributed by atoms with Gasteiger partial charge < -0.3 is 10.2 Å². The number of amides is 4. The van der Waals surface area contributed by atoms with E-state index >= 15 is 0 Å². The van der Waals surface area contributed by atoms with Crippen molar-refractivity contribution >= 4 is 39.5 Å². The Morgan fingerprint density at radius 1 is 1.15 bits per heavy atom. The molecule has 4 amide bonds. The number of hydrogen-bond donors (Lipinski definition) is 1. The number of para-hydroxylation sites is 1. The summed E-state index contributed by atoms with van der Waals surface area (Å²) in [7, 11) is 0. The van der Waals surface area contributed by atoms with Gasteiger partial charge in [0.1, 0.15) is 12.1 Å². The number of nitrogens with one attached hydrogen (secondary N) is 1. The largest absolute Gasteiger partial charge is 0.325 e. The minimum Gasteiger partial charge on any atom is -0.319 e. The molecule has 2 heterocycles. The predicted molar refractivity (Wildman–Crippen MR) is 104 cm³/mol. The molecule has 0 saturated carbocycles. The molecule has 0 spiro atoms. The van der Waals surface area contributed by atoms with E-state index in [0.717, 1.165) is 27.0 Å². The molecular weight excluding hydrogens is 410 g/mol. The van der Waals surface area contributed by atoms with Gasteiger partial charge in [-0.2, -0.15) is 0 Å². The molecule has 2 aliphatic heterocycles. The smallest absolute Gasteiger partial charge is 0.319 e. The van der Waals surface area contributed by atoms with E-state index in [2.05, 4.69) is 21.2 Å². The molecule has 0 bridgehead atoms. The zero-order valence-electron chi connectivity index (χ0n) is 14.7. The first-order valence-corrected chi connectivity index (χ1v) is 9.48. The number of halogens is 1. The van der Waals surface area contributed by atoms with Crippen molar-refractivity contribution in [2.75, 3.05) is 18.0 Å². The molecule has 2 aromatic carbocycles. The van der Waals surface area contributed by atoms with Crippen molar-refractivity contribution in [3.63, 3.8) is 0 Å². The zero-order valence-corrected chi connectivity index (χ0v) is 16.3. The van der Waals surface area contributed by atoms with Gasteiger partial charge in [0, 0.05) is 22.3 Å². The normalized spacial score (nSPS) is 21.4. The zero-order chi connectivity index (χ0) is 19.2. The lowest BCUT2D eigenvalue weighted by Gasteiger charge is -2.24. The van der Waals surface area contributed by atoms with Crippen LogP contribution in [0.25, 0.3) is 0 Å². The fraction of sp³-hybridized carbons (Fsp3) is 0.250. The van der Waals surface area contributed by atoms with Crippen LogP contribution >= 0.6 is 15.9 Å². The molecule has 2 aromatic rings. The molecule has 1 N–H and O–H groups in total. The highest BCUT2D eigenvalue weighted by Crippen LogP contribution is 2.34. The number of anilines is 1. The number of imide groups is 1. The van der Waals surface area contributed by atoms with Crippen molar-refractivity contribution in [2.45, 2.75) is 18.9 Å². The predicted octanol–water partition coefficient (Wildman–Crippen LogP) is 2.81. The number of hydrogen-bond acceptors (Lipinski definition) is 3. The summed E-state index contributed by atoms with van der Waals surface area (Å²) in [5.41, 5.74) is 1.40. The molecule has 1 saturated heterocycles. The second-order valence-corrected chi connectivity index (χ2v) is 7.70. The van der Waals surface area contributed by atoms with Crippen LogP contribution in [0, 0.1) is 0 Å². The lowest BCUT2D eigenvalue weighted by atomic mass is 9.92. The Morgan fingerprint density at radius 2 is 1.85 bits per heavy atom. The first kappa shape index (κ1) is 17.7. The quantitative estimate of drug-likeness (QED) is 0.765. The van der Waals surface area contributed by atoms with E-state index in [9.17, 15) is 14.4 Å². The highest BCUT2D eigenvalue weighted by Gasteiger charge is 2.50. The molecule has 2 aliphatic rings. The molecule has 1 unspecified atom stereocenters. The van der Waals surface area contributed by atoms with Gasteiger partial charge in [-0.15, -0.1) is 0 Å². The molecule has 1 atom stereocenters. The Labute approximate surface area is 165 Å². The molecule has 27 heavy (non-hydrogen) atoms. The highest BCUT2D eigenvalue weighted by atomic mass is 79.9. The monoisotopic (exact) mass is 427 g/mol. The van der Waals surface area contributed by atoms with E-state index in [1.807, 2.05) is 36.4 Å². The van der Waals surface area contributed by atoms with E-state index in [4.69, 9.17) is 0 Å². The minimum absolute atomic E-state index is 0.264. The van der Waals surface area contributed by atoms with E-state index < -0.39 is 17.5 Å². The van der Waals surface area contributed by atoms with Crippen LogP contribution in [-0.4, -0.2) is 35.8 Å². The molecule has 6 nitrogen and oxygen atoms in total. The van der Waals surface area contributed by atoms with Gasteiger partial charge in [0.05, 0.1) is 0 Å². The fourth-order valence-corrected chi connectivity index (χ4v) is 4.39. The number of fused-ring (bicyclic) bond motifs is 1. The van der Waals surface area contributed by atoms with Crippen molar-refractivity contribution in [2.24, 2.45) is 0 Å². The summed E-state index contributed by atoms with van der Waals surface area (Å²) < 4.78 is 0.725. The molecule has 138 valence electrons. The van der Waals surface area contributed by atoms with Crippen LogP contribution in [0.3, 0.4) is 0 Å². The van der Waals surface area contributed by atoms with Crippen LogP contribution < -0.4 is 10.2 Å². The lowest BCUT2D eigenvalue weighted by molar-refractivity contribution is -0.134. The summed E-state index contributed by atoms with van der Waals surface area (Å²) in [4.78, 5) is 41.0. The van der Waals surface area contributed by atoms with Gasteiger partial charge in [0.25, 0.3) is 5.91 Å². The van der Waals surface area contributed by atoms with Crippen molar-refractivity contribution in [3.05, 3.63) is 64.1 Å². The van der Waals surface area contributed by atoms with Crippen LogP contribution in [0.15, 0.2) is 53.0 Å². The summed E-state index contributed by atoms with van der Waals surface area (Å²) in [5, 5.41) is 2.74. The van der Waals surface area contributed by atoms with Crippen molar-refractivity contribution < 1.29 is 14.4 Å². The van der Waals surface area contributed by atoms with Gasteiger partial charge in [0.2, 0.25) is 5.91 Å². The molecule has 0 aliphatic carbocycles. The van der Waals surface area contributed by atoms with Crippen LogP contribution in [0.4, 0.5) is 10.5 Å². The average Bonchev–Trinajstić information content (AvgIpc) is 3.17. The molecule has 0 aromatic heterocycles. The van der Waals surface area contributed by atoms with Gasteiger partial charge in [0.15, 0.2) is 0 Å². The second-order valence-electron chi connectivity index (χ2n) is 6.85. The number of rotatable bonds is 3. The molecule has 0 radical (unpaired) electrons. The summed E-state index contributed by atoms with van der Waals surface area (Å²) >= 11 is 3.43. The van der Waals surface area contributed by atoms with E-state index in [1.54, 1.807) is 24.0 Å². The number of carbonyl (C=O) groups is 3. The number of urea groups is 1. The summed E-state index contributed by atoms with van der Waals surface area (Å²) in [6, 6.07) is 14.4. The van der Waals surface area contributed by atoms with Crippen molar-refractivity contribution in [1.29, 1.82) is 0 Å². The third kappa shape index (κ3) is 2.82. The van der Waals surface area contributed by atoms with E-state index in [0.29, 0.717) is 12.1 Å². The van der Waals surface area contributed by atoms with Crippen LogP contribution in [0.1, 0.15) is 18.1 Å². The van der Waals surface area contributed by atoms with Crippen molar-refractivity contribution in [3.8, 4) is 0 Å². The van der Waals surface area contributed by atoms with Crippen LogP contribution in [0.5, 0.6) is 0 Å². The van der Waals surface area contributed by atoms with Gasteiger partial charge >= 0.3 is 6.03 Å². The Bertz CT molecular complexity index is 961. The third-order valence-electron chi connectivity index (χ3n) is 5.17. The maximum absolute atomic E-state index is 13.0. The Balaban J connectivity index is 1.57. The lowest BCUT2D eigenvalue weighted by Crippen LogP contribution is -2.44. The third-order valence-corrected chi connectivity index (χ3v) is 5.86. The number of carbonyl (C=O) groups excluding carboxylic acids is 3. The van der Waals surface area contributed by atoms with Crippen LogP contribution in [-0.2, 0) is 21.5 Å². The second kappa shape index (κ2) is 6.49.